The normalized spacial score (nSPS) is 14.7. The smallest absolute Gasteiger partial charge is 0.326 e. The summed E-state index contributed by atoms with van der Waals surface area (Å²) in [6, 6.07) is -5.63. The van der Waals surface area contributed by atoms with Gasteiger partial charge in [-0.05, 0) is 68.2 Å². The average molecular weight is 1010 g/mol. The molecule has 0 saturated heterocycles. The second-order valence-corrected chi connectivity index (χ2v) is 18.0. The monoisotopic (exact) mass is 1010 g/mol. The Bertz CT molecular complexity index is 1930. The molecule has 394 valence electrons. The number of carbonyl (C=O) groups excluding carboxylic acids is 9. The first-order valence-electron chi connectivity index (χ1n) is 22.8. The van der Waals surface area contributed by atoms with E-state index >= 15 is 0 Å². The minimum absolute atomic E-state index is 0.0521. The minimum atomic E-state index is -1.55. The van der Waals surface area contributed by atoms with Gasteiger partial charge in [-0.2, -0.15) is 12.6 Å². The summed E-state index contributed by atoms with van der Waals surface area (Å²) in [4.78, 5) is 131. The highest BCUT2D eigenvalue weighted by Gasteiger charge is 2.35. The van der Waals surface area contributed by atoms with E-state index in [-0.39, 0.29) is 68.4 Å². The predicted octanol–water partition coefficient (Wildman–Crippen LogP) is -5.86. The number of carbonyl (C=O) groups is 10. The van der Waals surface area contributed by atoms with Crippen LogP contribution in [0.4, 0.5) is 0 Å². The van der Waals surface area contributed by atoms with Gasteiger partial charge in [0.1, 0.15) is 54.3 Å². The molecule has 26 nitrogen and oxygen atoms in total. The van der Waals surface area contributed by atoms with E-state index in [4.69, 9.17) is 22.9 Å². The summed E-state index contributed by atoms with van der Waals surface area (Å²) in [6.45, 7) is 6.56. The van der Waals surface area contributed by atoms with Crippen LogP contribution in [0.15, 0.2) is 24.3 Å². The average Bonchev–Trinajstić information content (AvgIpc) is 3.27. The van der Waals surface area contributed by atoms with E-state index in [9.17, 15) is 63.3 Å². The maximum atomic E-state index is 14.2. The fourth-order valence-corrected chi connectivity index (χ4v) is 6.97. The highest BCUT2D eigenvalue weighted by Crippen LogP contribution is 2.14. The number of nitrogens with two attached hydrogens (primary N) is 4. The molecule has 9 amide bonds. The predicted molar refractivity (Wildman–Crippen MR) is 256 cm³/mol. The summed E-state index contributed by atoms with van der Waals surface area (Å²) >= 11 is 4.15. The SMILES string of the molecule is CC(C)C[C@H](NC(=O)[C@H](CCC(N)=O)NC(=O)[C@H](CS)NC(=O)[C@H](CO)NC(=O)[C@@H]([NH3+])CC(C)C)C(=O)N[C@@H](Cc1ccc(O)cc1)C(=O)N[C@@H](CCC(N)=O)C(=O)N[C@@H](CCCNC(N)N)C(=O)O. The van der Waals surface area contributed by atoms with Gasteiger partial charge in [0.15, 0.2) is 6.04 Å². The van der Waals surface area contributed by atoms with E-state index in [0.29, 0.717) is 12.0 Å². The Morgan fingerprint density at radius 2 is 1.00 bits per heavy atom. The van der Waals surface area contributed by atoms with Crippen LogP contribution in [-0.2, 0) is 54.4 Å². The second kappa shape index (κ2) is 31.9. The molecule has 0 heterocycles. The number of aliphatic hydroxyl groups excluding tert-OH is 1. The van der Waals surface area contributed by atoms with Crippen LogP contribution in [0.1, 0.15) is 84.6 Å². The Labute approximate surface area is 411 Å². The summed E-state index contributed by atoms with van der Waals surface area (Å²) in [7, 11) is 0. The number of quaternary nitrogens is 1. The number of amides is 9. The molecule has 0 aliphatic carbocycles. The zero-order valence-corrected chi connectivity index (χ0v) is 40.9. The molecule has 0 aliphatic rings. The van der Waals surface area contributed by atoms with Gasteiger partial charge in [0, 0.05) is 31.4 Å². The Kier molecular flexibility index (Phi) is 28.2. The van der Waals surface area contributed by atoms with E-state index in [1.54, 1.807) is 13.8 Å². The number of aromatic hydroxyl groups is 1. The largest absolute Gasteiger partial charge is 0.508 e. The van der Waals surface area contributed by atoms with Crippen molar-refractivity contribution in [1.29, 1.82) is 0 Å². The molecule has 0 spiro atoms. The lowest BCUT2D eigenvalue weighted by Crippen LogP contribution is -2.69. The molecule has 8 atom stereocenters. The van der Waals surface area contributed by atoms with Crippen LogP contribution in [0, 0.1) is 11.8 Å². The zero-order chi connectivity index (χ0) is 53.2. The number of rotatable bonds is 34. The van der Waals surface area contributed by atoms with Crippen molar-refractivity contribution >= 4 is 71.8 Å². The fourth-order valence-electron chi connectivity index (χ4n) is 6.71. The lowest BCUT2D eigenvalue weighted by atomic mass is 9.99. The van der Waals surface area contributed by atoms with Crippen molar-refractivity contribution in [3.8, 4) is 5.75 Å². The lowest BCUT2D eigenvalue weighted by molar-refractivity contribution is -0.406. The number of nitrogens with one attached hydrogen (secondary N) is 8. The minimum Gasteiger partial charge on any atom is -0.508 e. The summed E-state index contributed by atoms with van der Waals surface area (Å²) in [5, 5.41) is 49.4. The number of carboxylic acids is 1. The van der Waals surface area contributed by atoms with Gasteiger partial charge in [-0.1, -0.05) is 39.8 Å². The van der Waals surface area contributed by atoms with Gasteiger partial charge >= 0.3 is 5.97 Å². The number of carboxylic acid groups (broad SMARTS) is 1. The number of aliphatic carboxylic acids is 1. The summed E-state index contributed by atoms with van der Waals surface area (Å²) in [5.74, 6) is -10.1. The molecular weight excluding hydrogens is 939 g/mol. The number of primary amides is 2. The molecular formula is C43H74N13O13S+. The van der Waals surface area contributed by atoms with Gasteiger partial charge in [-0.25, -0.2) is 4.79 Å². The maximum Gasteiger partial charge on any atom is 0.326 e. The topological polar surface area (TPSA) is 459 Å². The van der Waals surface area contributed by atoms with Gasteiger partial charge < -0.3 is 81.2 Å². The number of benzene rings is 1. The summed E-state index contributed by atoms with van der Waals surface area (Å²) in [5.41, 5.74) is 25.8. The number of hydrogen-bond acceptors (Lipinski definition) is 16. The van der Waals surface area contributed by atoms with Gasteiger partial charge in [-0.15, -0.1) is 0 Å². The molecule has 70 heavy (non-hydrogen) atoms. The molecule has 0 saturated carbocycles. The van der Waals surface area contributed by atoms with Crippen LogP contribution in [0.5, 0.6) is 5.75 Å². The molecule has 0 bridgehead atoms. The molecule has 1 aromatic rings. The van der Waals surface area contributed by atoms with E-state index < -0.39 is 133 Å². The molecule has 0 aromatic heterocycles. The van der Waals surface area contributed by atoms with Crippen LogP contribution >= 0.6 is 12.6 Å². The van der Waals surface area contributed by atoms with Crippen molar-refractivity contribution in [2.75, 3.05) is 18.9 Å². The zero-order valence-electron chi connectivity index (χ0n) is 40.0. The molecule has 1 aromatic carbocycles. The van der Waals surface area contributed by atoms with E-state index in [1.165, 1.54) is 24.3 Å². The van der Waals surface area contributed by atoms with Crippen molar-refractivity contribution in [3.63, 3.8) is 0 Å². The Morgan fingerprint density at radius 3 is 1.46 bits per heavy atom. The van der Waals surface area contributed by atoms with E-state index in [0.717, 1.165) is 0 Å². The van der Waals surface area contributed by atoms with Crippen molar-refractivity contribution in [2.24, 2.45) is 34.8 Å². The molecule has 0 unspecified atom stereocenters. The Morgan fingerprint density at radius 1 is 0.586 bits per heavy atom. The first-order chi connectivity index (χ1) is 32.8. The molecule has 1 rings (SSSR count). The van der Waals surface area contributed by atoms with Crippen molar-refractivity contribution < 1.29 is 69.0 Å². The lowest BCUT2D eigenvalue weighted by Gasteiger charge is -2.28. The third kappa shape index (κ3) is 24.4. The number of phenols is 1. The highest BCUT2D eigenvalue weighted by molar-refractivity contribution is 7.80. The number of hydrogen-bond donors (Lipinski definition) is 17. The van der Waals surface area contributed by atoms with E-state index in [2.05, 4.69) is 60.9 Å². The van der Waals surface area contributed by atoms with Crippen molar-refractivity contribution in [2.45, 2.75) is 140 Å². The third-order valence-electron chi connectivity index (χ3n) is 10.4. The van der Waals surface area contributed by atoms with Crippen LogP contribution in [0.25, 0.3) is 0 Å². The Balaban J connectivity index is 3.48. The molecule has 27 heteroatoms. The van der Waals surface area contributed by atoms with Crippen LogP contribution < -0.4 is 71.2 Å². The number of aliphatic hydroxyl groups is 1. The molecule has 0 aliphatic heterocycles. The van der Waals surface area contributed by atoms with Gasteiger partial charge in [0.2, 0.25) is 47.3 Å². The van der Waals surface area contributed by atoms with Crippen molar-refractivity contribution in [3.05, 3.63) is 29.8 Å². The van der Waals surface area contributed by atoms with Gasteiger partial charge in [0.05, 0.1) is 6.61 Å². The fraction of sp³-hybridized carbons (Fsp3) is 0.628. The van der Waals surface area contributed by atoms with Crippen LogP contribution in [-0.4, -0.2) is 148 Å². The Hall–Kier alpha value is -6.13. The quantitative estimate of drug-likeness (QED) is 0.0174. The summed E-state index contributed by atoms with van der Waals surface area (Å²) < 4.78 is 0. The maximum absolute atomic E-state index is 14.2. The molecule has 0 fully saturated rings. The second-order valence-electron chi connectivity index (χ2n) is 17.6. The first kappa shape index (κ1) is 61.9. The van der Waals surface area contributed by atoms with Crippen molar-refractivity contribution in [1.82, 2.24) is 42.5 Å². The van der Waals surface area contributed by atoms with E-state index in [1.807, 2.05) is 13.8 Å². The highest BCUT2D eigenvalue weighted by atomic mass is 32.1. The van der Waals surface area contributed by atoms with Crippen LogP contribution in [0.3, 0.4) is 0 Å². The number of thiol groups is 1. The molecule has 22 N–H and O–H groups in total. The summed E-state index contributed by atoms with van der Waals surface area (Å²) in [6.07, 6.45) is -2.26. The standard InChI is InChI=1S/C43H73N13O13S/c1-21(2)16-25(44)35(61)55-31(19-57)40(66)56-32(20-70)41(67)51-27(12-14-34(46)60)37(63)53-29(17-22(3)4)38(64)54-30(18-23-7-9-24(58)10-8-23)39(65)50-26(11-13-33(45)59)36(62)52-28(42(68)69)6-5-15-49-43(47)48/h7-10,21-22,25-32,43,49,57-58,70H,5-6,11-20,44,47-48H2,1-4H3,(H2,45,59)(H2,46,60)(H,50,65)(H,51,67)(H,52,62)(H,53,63)(H,54,64)(H,55,61)(H,56,66)(H,68,69)/p+1/t25-,26-,27-,28-,29-,30-,31-,32-/m0/s1. The van der Waals surface area contributed by atoms with Crippen LogP contribution in [0.2, 0.25) is 0 Å². The third-order valence-corrected chi connectivity index (χ3v) is 10.8. The number of phenolic OH excluding ortho intramolecular Hbond substituents is 1. The van der Waals surface area contributed by atoms with Gasteiger partial charge in [0.25, 0.3) is 5.91 Å². The molecule has 0 radical (unpaired) electrons. The van der Waals surface area contributed by atoms with Gasteiger partial charge in [-0.3, -0.25) is 48.5 Å². The first-order valence-corrected chi connectivity index (χ1v) is 23.4.